The molecule has 2 saturated heterocycles. The van der Waals surface area contributed by atoms with Gasteiger partial charge in [-0.2, -0.15) is 0 Å². The predicted molar refractivity (Wildman–Crippen MR) is 81.9 cm³/mol. The lowest BCUT2D eigenvalue weighted by atomic mass is 9.70. The van der Waals surface area contributed by atoms with Crippen LogP contribution in [0.3, 0.4) is 0 Å². The van der Waals surface area contributed by atoms with Gasteiger partial charge in [0.2, 0.25) is 5.91 Å². The summed E-state index contributed by atoms with van der Waals surface area (Å²) in [5.41, 5.74) is 2.35. The van der Waals surface area contributed by atoms with Crippen LogP contribution in [0.4, 0.5) is 0 Å². The Labute approximate surface area is 130 Å². The summed E-state index contributed by atoms with van der Waals surface area (Å²) in [4.78, 5) is 12.9. The SMILES string of the molecule is CC(C)=CC[C@@]1(C(=O)NCc2nonc2C)C[C@@H]2CC[C@H]1N2. The van der Waals surface area contributed by atoms with E-state index in [9.17, 15) is 4.79 Å². The molecule has 2 aliphatic heterocycles. The zero-order valence-corrected chi connectivity index (χ0v) is 13.5. The number of hydrogen-bond acceptors (Lipinski definition) is 5. The number of amides is 1. The Balaban J connectivity index is 1.73. The van der Waals surface area contributed by atoms with E-state index in [4.69, 9.17) is 0 Å². The first kappa shape index (κ1) is 15.2. The maximum absolute atomic E-state index is 12.9. The van der Waals surface area contributed by atoms with Gasteiger partial charge in [0, 0.05) is 12.1 Å². The van der Waals surface area contributed by atoms with Gasteiger partial charge < -0.3 is 10.6 Å². The first-order chi connectivity index (χ1) is 10.5. The number of fused-ring (bicyclic) bond motifs is 2. The van der Waals surface area contributed by atoms with Crippen molar-refractivity contribution in [1.82, 2.24) is 20.9 Å². The van der Waals surface area contributed by atoms with Crippen molar-refractivity contribution >= 4 is 5.91 Å². The highest BCUT2D eigenvalue weighted by Gasteiger charge is 2.54. The highest BCUT2D eigenvalue weighted by atomic mass is 16.6. The smallest absolute Gasteiger partial charge is 0.228 e. The molecule has 22 heavy (non-hydrogen) atoms. The van der Waals surface area contributed by atoms with E-state index < -0.39 is 0 Å². The van der Waals surface area contributed by atoms with Crippen LogP contribution in [0.25, 0.3) is 0 Å². The number of nitrogens with one attached hydrogen (secondary N) is 2. The van der Waals surface area contributed by atoms with Gasteiger partial charge in [0.1, 0.15) is 11.4 Å². The van der Waals surface area contributed by atoms with Gasteiger partial charge in [0.25, 0.3) is 0 Å². The number of carbonyl (C=O) groups is 1. The molecule has 6 nitrogen and oxygen atoms in total. The van der Waals surface area contributed by atoms with Gasteiger partial charge in [-0.3, -0.25) is 4.79 Å². The minimum Gasteiger partial charge on any atom is -0.350 e. The molecule has 2 fully saturated rings. The van der Waals surface area contributed by atoms with E-state index in [2.05, 4.69) is 45.5 Å². The summed E-state index contributed by atoms with van der Waals surface area (Å²) in [6.45, 7) is 6.37. The lowest BCUT2D eigenvalue weighted by Crippen LogP contribution is -2.48. The van der Waals surface area contributed by atoms with Crippen molar-refractivity contribution in [2.45, 2.75) is 65.1 Å². The molecule has 0 radical (unpaired) electrons. The summed E-state index contributed by atoms with van der Waals surface area (Å²) in [6, 6.07) is 0.765. The fraction of sp³-hybridized carbons (Fsp3) is 0.688. The second-order valence-corrected chi connectivity index (χ2v) is 6.82. The number of aromatic nitrogens is 2. The topological polar surface area (TPSA) is 80.1 Å². The van der Waals surface area contributed by atoms with E-state index in [1.54, 1.807) is 0 Å². The van der Waals surface area contributed by atoms with Gasteiger partial charge >= 0.3 is 0 Å². The van der Waals surface area contributed by atoms with E-state index >= 15 is 0 Å². The number of nitrogens with zero attached hydrogens (tertiary/aromatic N) is 2. The van der Waals surface area contributed by atoms with Crippen LogP contribution in [-0.4, -0.2) is 28.3 Å². The Morgan fingerprint density at radius 1 is 1.45 bits per heavy atom. The number of aryl methyl sites for hydroxylation is 1. The monoisotopic (exact) mass is 304 g/mol. The molecule has 2 aliphatic rings. The molecule has 0 saturated carbocycles. The van der Waals surface area contributed by atoms with E-state index in [-0.39, 0.29) is 17.4 Å². The van der Waals surface area contributed by atoms with Crippen molar-refractivity contribution in [3.63, 3.8) is 0 Å². The molecule has 1 amide bonds. The molecule has 0 unspecified atom stereocenters. The average molecular weight is 304 g/mol. The molecule has 3 rings (SSSR count). The van der Waals surface area contributed by atoms with Gasteiger partial charge in [-0.15, -0.1) is 0 Å². The molecule has 2 bridgehead atoms. The molecule has 1 aromatic heterocycles. The Kier molecular flexibility index (Phi) is 4.04. The van der Waals surface area contributed by atoms with E-state index in [0.717, 1.165) is 25.0 Å². The summed E-state index contributed by atoms with van der Waals surface area (Å²) in [5.74, 6) is 0.118. The van der Waals surface area contributed by atoms with Crippen LogP contribution in [0.5, 0.6) is 0 Å². The molecule has 2 N–H and O–H groups in total. The maximum Gasteiger partial charge on any atom is 0.228 e. The summed E-state index contributed by atoms with van der Waals surface area (Å²) in [6.07, 6.45) is 6.17. The van der Waals surface area contributed by atoms with Crippen LogP contribution in [0, 0.1) is 12.3 Å². The first-order valence-corrected chi connectivity index (χ1v) is 7.97. The molecule has 1 aromatic rings. The third-order valence-electron chi connectivity index (χ3n) is 5.01. The zero-order valence-electron chi connectivity index (χ0n) is 13.5. The summed E-state index contributed by atoms with van der Waals surface area (Å²) >= 11 is 0. The van der Waals surface area contributed by atoms with Crippen LogP contribution < -0.4 is 10.6 Å². The van der Waals surface area contributed by atoms with E-state index in [1.165, 1.54) is 12.0 Å². The van der Waals surface area contributed by atoms with E-state index in [1.807, 2.05) is 6.92 Å². The molecule has 3 heterocycles. The third kappa shape index (κ3) is 2.67. The number of hydrogen-bond donors (Lipinski definition) is 2. The molecule has 6 heteroatoms. The quantitative estimate of drug-likeness (QED) is 0.812. The molecular formula is C16H24N4O2. The summed E-state index contributed by atoms with van der Waals surface area (Å²) < 4.78 is 4.68. The average Bonchev–Trinajstić information content (AvgIpc) is 3.18. The standard InChI is InChI=1S/C16H24N4O2/c1-10(2)6-7-16(8-12-4-5-14(16)18-12)15(21)17-9-13-11(3)19-22-20-13/h6,12,14,18H,4-5,7-9H2,1-3H3,(H,17,21)/t12-,14+,16+/m0/s1. The highest BCUT2D eigenvalue weighted by Crippen LogP contribution is 2.46. The minimum atomic E-state index is -0.328. The normalized spacial score (nSPS) is 29.6. The fourth-order valence-electron chi connectivity index (χ4n) is 3.70. The Hall–Kier alpha value is -1.69. The van der Waals surface area contributed by atoms with Gasteiger partial charge in [-0.05, 0) is 46.5 Å². The summed E-state index contributed by atoms with van der Waals surface area (Å²) in [7, 11) is 0. The second kappa shape index (κ2) is 5.83. The van der Waals surface area contributed by atoms with Crippen LogP contribution in [0.2, 0.25) is 0 Å². The van der Waals surface area contributed by atoms with Gasteiger partial charge in [-0.25, -0.2) is 4.63 Å². The number of carbonyl (C=O) groups excluding carboxylic acids is 1. The van der Waals surface area contributed by atoms with Crippen molar-refractivity contribution in [3.05, 3.63) is 23.0 Å². The molecule has 0 aromatic carbocycles. The lowest BCUT2D eigenvalue weighted by molar-refractivity contribution is -0.132. The first-order valence-electron chi connectivity index (χ1n) is 7.97. The highest BCUT2D eigenvalue weighted by molar-refractivity contribution is 5.84. The van der Waals surface area contributed by atoms with Crippen LogP contribution >= 0.6 is 0 Å². The Morgan fingerprint density at radius 3 is 2.82 bits per heavy atom. The second-order valence-electron chi connectivity index (χ2n) is 6.82. The van der Waals surface area contributed by atoms with Crippen molar-refractivity contribution in [3.8, 4) is 0 Å². The molecule has 0 spiro atoms. The number of rotatable bonds is 5. The van der Waals surface area contributed by atoms with Crippen molar-refractivity contribution < 1.29 is 9.42 Å². The maximum atomic E-state index is 12.9. The van der Waals surface area contributed by atoms with Crippen molar-refractivity contribution in [2.24, 2.45) is 5.41 Å². The lowest BCUT2D eigenvalue weighted by Gasteiger charge is -2.34. The fourth-order valence-corrected chi connectivity index (χ4v) is 3.70. The van der Waals surface area contributed by atoms with Crippen molar-refractivity contribution in [2.75, 3.05) is 0 Å². The van der Waals surface area contributed by atoms with Crippen molar-refractivity contribution in [1.29, 1.82) is 0 Å². The van der Waals surface area contributed by atoms with E-state index in [0.29, 0.717) is 18.3 Å². The molecule has 120 valence electrons. The van der Waals surface area contributed by atoms with Crippen LogP contribution in [-0.2, 0) is 11.3 Å². The van der Waals surface area contributed by atoms with Crippen LogP contribution in [0.15, 0.2) is 16.3 Å². The molecular weight excluding hydrogens is 280 g/mol. The zero-order chi connectivity index (χ0) is 15.7. The largest absolute Gasteiger partial charge is 0.350 e. The Morgan fingerprint density at radius 2 is 2.27 bits per heavy atom. The third-order valence-corrected chi connectivity index (χ3v) is 5.01. The number of allylic oxidation sites excluding steroid dienone is 2. The molecule has 0 aliphatic carbocycles. The summed E-state index contributed by atoms with van der Waals surface area (Å²) in [5, 5.41) is 14.2. The van der Waals surface area contributed by atoms with Gasteiger partial charge in [-0.1, -0.05) is 22.0 Å². The van der Waals surface area contributed by atoms with Crippen LogP contribution in [0.1, 0.15) is 50.9 Å². The van der Waals surface area contributed by atoms with Gasteiger partial charge in [0.15, 0.2) is 0 Å². The predicted octanol–water partition coefficient (Wildman–Crippen LogP) is 1.86. The Bertz CT molecular complexity index is 591. The van der Waals surface area contributed by atoms with Gasteiger partial charge in [0.05, 0.1) is 12.0 Å². The molecule has 3 atom stereocenters. The minimum absolute atomic E-state index is 0.118.